The molecule has 0 aliphatic heterocycles. The summed E-state index contributed by atoms with van der Waals surface area (Å²) in [4.78, 5) is 19.9. The highest BCUT2D eigenvalue weighted by Gasteiger charge is 2.11. The van der Waals surface area contributed by atoms with E-state index in [0.29, 0.717) is 11.3 Å². The molecule has 1 N–H and O–H groups in total. The van der Waals surface area contributed by atoms with Gasteiger partial charge in [-0.25, -0.2) is 9.97 Å². The number of carbonyl (C=O) groups is 1. The predicted octanol–water partition coefficient (Wildman–Crippen LogP) is 3.11. The Balaban J connectivity index is 2.24. The minimum Gasteiger partial charge on any atom is -0.322 e. The summed E-state index contributed by atoms with van der Waals surface area (Å²) in [6, 6.07) is 5.69. The molecule has 0 spiro atoms. The van der Waals surface area contributed by atoms with Gasteiger partial charge in [-0.2, -0.15) is 0 Å². The van der Waals surface area contributed by atoms with Crippen LogP contribution in [0.4, 0.5) is 5.69 Å². The number of carbonyl (C=O) groups excluding carboxylic acids is 1. The molecule has 0 aliphatic rings. The van der Waals surface area contributed by atoms with Crippen LogP contribution in [0.5, 0.6) is 0 Å². The molecule has 0 unspecified atom stereocenters. The van der Waals surface area contributed by atoms with Crippen LogP contribution in [0.2, 0.25) is 0 Å². The Hall–Kier alpha value is -1.75. The summed E-state index contributed by atoms with van der Waals surface area (Å²) in [7, 11) is 0. The van der Waals surface area contributed by atoms with E-state index < -0.39 is 0 Å². The first-order chi connectivity index (χ1) is 8.58. The van der Waals surface area contributed by atoms with Crippen molar-refractivity contribution in [3.8, 4) is 0 Å². The number of rotatable bonds is 2. The van der Waals surface area contributed by atoms with Crippen LogP contribution < -0.4 is 5.32 Å². The first kappa shape index (κ1) is 12.7. The van der Waals surface area contributed by atoms with Gasteiger partial charge in [-0.3, -0.25) is 4.79 Å². The van der Waals surface area contributed by atoms with Crippen LogP contribution in [0, 0.1) is 13.8 Å². The lowest BCUT2D eigenvalue weighted by Crippen LogP contribution is -2.15. The van der Waals surface area contributed by atoms with E-state index in [9.17, 15) is 4.79 Å². The van der Waals surface area contributed by atoms with Gasteiger partial charge in [0, 0.05) is 16.4 Å². The van der Waals surface area contributed by atoms with E-state index in [0.717, 1.165) is 15.7 Å². The fourth-order valence-electron chi connectivity index (χ4n) is 1.57. The molecule has 0 aliphatic carbocycles. The molecule has 1 aromatic heterocycles. The quantitative estimate of drug-likeness (QED) is 0.927. The van der Waals surface area contributed by atoms with E-state index in [1.54, 1.807) is 6.92 Å². The lowest BCUT2D eigenvalue weighted by atomic mass is 10.2. The molecule has 0 bridgehead atoms. The molecule has 5 heteroatoms. The molecule has 0 radical (unpaired) electrons. The highest BCUT2D eigenvalue weighted by Crippen LogP contribution is 2.20. The van der Waals surface area contributed by atoms with Crippen LogP contribution in [0.1, 0.15) is 21.6 Å². The second-order valence-corrected chi connectivity index (χ2v) is 4.85. The molecule has 0 fully saturated rings. The second-order valence-electron chi connectivity index (χ2n) is 3.94. The number of benzene rings is 1. The SMILES string of the molecule is Cc1cc(Br)ccc1NC(=O)c1cncnc1C. The van der Waals surface area contributed by atoms with Crippen molar-refractivity contribution < 1.29 is 4.79 Å². The van der Waals surface area contributed by atoms with Crippen LogP contribution in [0.3, 0.4) is 0 Å². The van der Waals surface area contributed by atoms with Crippen LogP contribution in [0.25, 0.3) is 0 Å². The highest BCUT2D eigenvalue weighted by molar-refractivity contribution is 9.10. The van der Waals surface area contributed by atoms with Gasteiger partial charge in [0.25, 0.3) is 5.91 Å². The molecule has 0 atom stereocenters. The van der Waals surface area contributed by atoms with Gasteiger partial charge < -0.3 is 5.32 Å². The highest BCUT2D eigenvalue weighted by atomic mass is 79.9. The molecule has 1 aromatic carbocycles. The van der Waals surface area contributed by atoms with Gasteiger partial charge in [-0.1, -0.05) is 15.9 Å². The molecular formula is C13H12BrN3O. The lowest BCUT2D eigenvalue weighted by molar-refractivity contribution is 0.102. The number of amides is 1. The minimum absolute atomic E-state index is 0.196. The van der Waals surface area contributed by atoms with Gasteiger partial charge in [0.2, 0.25) is 0 Å². The van der Waals surface area contributed by atoms with E-state index in [4.69, 9.17) is 0 Å². The zero-order valence-electron chi connectivity index (χ0n) is 10.1. The molecule has 92 valence electrons. The van der Waals surface area contributed by atoms with E-state index in [1.807, 2.05) is 25.1 Å². The third-order valence-electron chi connectivity index (χ3n) is 2.59. The van der Waals surface area contributed by atoms with Crippen molar-refractivity contribution >= 4 is 27.5 Å². The molecular weight excluding hydrogens is 294 g/mol. The number of hydrogen-bond acceptors (Lipinski definition) is 3. The normalized spacial score (nSPS) is 10.2. The largest absolute Gasteiger partial charge is 0.322 e. The van der Waals surface area contributed by atoms with Gasteiger partial charge in [-0.05, 0) is 37.6 Å². The third-order valence-corrected chi connectivity index (χ3v) is 3.09. The molecule has 0 saturated heterocycles. The van der Waals surface area contributed by atoms with Gasteiger partial charge in [0.1, 0.15) is 6.33 Å². The average Bonchev–Trinajstić information content (AvgIpc) is 2.33. The van der Waals surface area contributed by atoms with Gasteiger partial charge in [0.05, 0.1) is 11.3 Å². The summed E-state index contributed by atoms with van der Waals surface area (Å²) in [6.45, 7) is 3.72. The monoisotopic (exact) mass is 305 g/mol. The van der Waals surface area contributed by atoms with E-state index in [2.05, 4.69) is 31.2 Å². The summed E-state index contributed by atoms with van der Waals surface area (Å²) in [5.74, 6) is -0.196. The fourth-order valence-corrected chi connectivity index (χ4v) is 2.05. The van der Waals surface area contributed by atoms with E-state index >= 15 is 0 Å². The maximum atomic E-state index is 12.1. The number of aromatic nitrogens is 2. The summed E-state index contributed by atoms with van der Waals surface area (Å²) < 4.78 is 0.984. The van der Waals surface area contributed by atoms with Crippen molar-refractivity contribution in [2.75, 3.05) is 5.32 Å². The number of hydrogen-bond donors (Lipinski definition) is 1. The Morgan fingerprint density at radius 1 is 1.33 bits per heavy atom. The fraction of sp³-hybridized carbons (Fsp3) is 0.154. The van der Waals surface area contributed by atoms with E-state index in [1.165, 1.54) is 12.5 Å². The van der Waals surface area contributed by atoms with Crippen molar-refractivity contribution in [3.63, 3.8) is 0 Å². The van der Waals surface area contributed by atoms with Crippen molar-refractivity contribution in [1.82, 2.24) is 9.97 Å². The zero-order valence-corrected chi connectivity index (χ0v) is 11.7. The van der Waals surface area contributed by atoms with Crippen LogP contribution in [-0.2, 0) is 0 Å². The van der Waals surface area contributed by atoms with Crippen molar-refractivity contribution in [2.24, 2.45) is 0 Å². The van der Waals surface area contributed by atoms with Crippen LogP contribution in [0.15, 0.2) is 35.2 Å². The summed E-state index contributed by atoms with van der Waals surface area (Å²) >= 11 is 3.39. The van der Waals surface area contributed by atoms with Gasteiger partial charge in [-0.15, -0.1) is 0 Å². The van der Waals surface area contributed by atoms with Crippen LogP contribution in [-0.4, -0.2) is 15.9 Å². The maximum absolute atomic E-state index is 12.1. The number of anilines is 1. The topological polar surface area (TPSA) is 54.9 Å². The minimum atomic E-state index is -0.196. The summed E-state index contributed by atoms with van der Waals surface area (Å²) in [6.07, 6.45) is 2.95. The van der Waals surface area contributed by atoms with Crippen LogP contribution >= 0.6 is 15.9 Å². The summed E-state index contributed by atoms with van der Waals surface area (Å²) in [5, 5.41) is 2.85. The smallest absolute Gasteiger partial charge is 0.259 e. The molecule has 2 aromatic rings. The molecule has 1 heterocycles. The van der Waals surface area contributed by atoms with Crippen molar-refractivity contribution in [1.29, 1.82) is 0 Å². The molecule has 1 amide bonds. The Labute approximate surface area is 114 Å². The summed E-state index contributed by atoms with van der Waals surface area (Å²) in [5.41, 5.74) is 2.93. The lowest BCUT2D eigenvalue weighted by Gasteiger charge is -2.09. The van der Waals surface area contributed by atoms with Gasteiger partial charge >= 0.3 is 0 Å². The van der Waals surface area contributed by atoms with Crippen molar-refractivity contribution in [2.45, 2.75) is 13.8 Å². The predicted molar refractivity (Wildman–Crippen MR) is 73.6 cm³/mol. The van der Waals surface area contributed by atoms with Gasteiger partial charge in [0.15, 0.2) is 0 Å². The molecule has 18 heavy (non-hydrogen) atoms. The third kappa shape index (κ3) is 2.73. The number of nitrogens with one attached hydrogen (secondary N) is 1. The number of nitrogens with zero attached hydrogens (tertiary/aromatic N) is 2. The Morgan fingerprint density at radius 3 is 2.78 bits per heavy atom. The molecule has 0 saturated carbocycles. The first-order valence-electron chi connectivity index (χ1n) is 5.42. The standard InChI is InChI=1S/C13H12BrN3O/c1-8-5-10(14)3-4-12(8)17-13(18)11-6-15-7-16-9(11)2/h3-7H,1-2H3,(H,17,18). The number of halogens is 1. The maximum Gasteiger partial charge on any atom is 0.259 e. The first-order valence-corrected chi connectivity index (χ1v) is 6.21. The van der Waals surface area contributed by atoms with Crippen molar-refractivity contribution in [3.05, 3.63) is 52.0 Å². The Bertz CT molecular complexity index is 599. The Kier molecular flexibility index (Phi) is 3.72. The average molecular weight is 306 g/mol. The van der Waals surface area contributed by atoms with E-state index in [-0.39, 0.29) is 5.91 Å². The Morgan fingerprint density at radius 2 is 2.11 bits per heavy atom. The second kappa shape index (κ2) is 5.27. The number of aryl methyl sites for hydroxylation is 2. The molecule has 2 rings (SSSR count). The zero-order chi connectivity index (χ0) is 13.1. The molecule has 4 nitrogen and oxygen atoms in total.